The normalized spacial score (nSPS) is 15.7. The van der Waals surface area contributed by atoms with E-state index in [2.05, 4.69) is 118 Å². The third-order valence-electron chi connectivity index (χ3n) is 6.06. The average molecular weight is 591 g/mol. The molecule has 0 unspecified atom stereocenters. The van der Waals surface area contributed by atoms with Gasteiger partial charge < -0.3 is 0 Å². The zero-order valence-corrected chi connectivity index (χ0v) is 34.7. The summed E-state index contributed by atoms with van der Waals surface area (Å²) in [5.74, 6) is 0. The fraction of sp³-hybridized carbons (Fsp3) is 1.00. The zero-order chi connectivity index (χ0) is 25.4. The van der Waals surface area contributed by atoms with Gasteiger partial charge >= 0.3 is 0 Å². The summed E-state index contributed by atoms with van der Waals surface area (Å²) in [7, 11) is -2.87. The van der Waals surface area contributed by atoms with E-state index in [4.69, 9.17) is 0 Å². The molecule has 0 spiro atoms. The fourth-order valence-electron chi connectivity index (χ4n) is 5.75. The molecule has 0 heterocycles. The first kappa shape index (κ1) is 33.2. The van der Waals surface area contributed by atoms with E-state index in [0.29, 0.717) is 0 Å². The highest BCUT2D eigenvalue weighted by Gasteiger charge is 2.41. The van der Waals surface area contributed by atoms with Crippen LogP contribution < -0.4 is 0 Å². The van der Waals surface area contributed by atoms with Crippen molar-refractivity contribution in [2.75, 3.05) is 0 Å². The molecule has 0 aliphatic carbocycles. The van der Waals surface area contributed by atoms with Crippen LogP contribution in [-0.2, 0) is 0 Å². The van der Waals surface area contributed by atoms with Gasteiger partial charge in [-0.3, -0.25) is 7.35 Å². The largest absolute Gasteiger partial charge is 0.282 e. The second-order valence-electron chi connectivity index (χ2n) is 16.3. The second kappa shape index (κ2) is 11.1. The summed E-state index contributed by atoms with van der Waals surface area (Å²) < 4.78 is 0. The van der Waals surface area contributed by atoms with Crippen molar-refractivity contribution in [1.29, 1.82) is 0 Å². The topological polar surface area (TPSA) is 0 Å². The summed E-state index contributed by atoms with van der Waals surface area (Å²) in [6.07, 6.45) is 0. The van der Waals surface area contributed by atoms with Crippen LogP contribution in [0.1, 0.15) is 0 Å². The van der Waals surface area contributed by atoms with Gasteiger partial charge in [-0.1, -0.05) is 132 Å². The van der Waals surface area contributed by atoms with Crippen molar-refractivity contribution in [3.63, 3.8) is 0 Å². The Kier molecular flexibility index (Phi) is 11.8. The van der Waals surface area contributed by atoms with E-state index >= 15 is 0 Å². The Labute approximate surface area is 213 Å². The SMILES string of the molecule is C[Si](C)(C)C([Si][Si-]([Si]C([Si](C)(C)C)[Si](C)(C)C)[Si]C([Si](C)(C)C)[Si](C)(C)C)[Si](C)(C)C. The molecule has 0 aromatic heterocycles. The van der Waals surface area contributed by atoms with Crippen LogP contribution in [0, 0.1) is 0 Å². The first-order chi connectivity index (χ1) is 13.2. The summed E-state index contributed by atoms with van der Waals surface area (Å²) in [6.45, 7) is 48.7. The standard InChI is InChI=1S/C21H57Si10/c1-26(2,3)19(27(4,5)6)22-25(23-20(28(7,8)9)29(10,11)12)24-21(30(13,14)15)31(16,17)18/h19-21H,1-18H3/q-1. The van der Waals surface area contributed by atoms with Crippen molar-refractivity contribution in [3.8, 4) is 0 Å². The first-order valence-electron chi connectivity index (χ1n) is 12.3. The molecule has 0 rings (SSSR count). The van der Waals surface area contributed by atoms with Crippen molar-refractivity contribution in [3.05, 3.63) is 0 Å². The molecule has 6 radical (unpaired) electrons. The summed E-state index contributed by atoms with van der Waals surface area (Å²) >= 11 is 0. The molecule has 0 nitrogen and oxygen atoms in total. The van der Waals surface area contributed by atoms with Gasteiger partial charge in [0.1, 0.15) is 0 Å². The number of hydrogen-bond acceptors (Lipinski definition) is 0. The second-order valence-corrected chi connectivity index (χ2v) is 68.3. The molecule has 0 aliphatic rings. The van der Waals surface area contributed by atoms with Crippen LogP contribution in [-0.4, -0.2) is 82.9 Å². The maximum absolute atomic E-state index is 2.71. The molecule has 0 N–H and O–H groups in total. The maximum Gasteiger partial charge on any atom is 0.0388 e. The minimum absolute atomic E-state index is 0.244. The van der Waals surface area contributed by atoms with Gasteiger partial charge in [-0.15, -0.1) is 0 Å². The molecule has 31 heavy (non-hydrogen) atoms. The monoisotopic (exact) mass is 589 g/mol. The van der Waals surface area contributed by atoms with Gasteiger partial charge in [-0.05, 0) is 0 Å². The van der Waals surface area contributed by atoms with Crippen LogP contribution in [0.15, 0.2) is 0 Å². The molecule has 0 bridgehead atoms. The highest BCUT2D eigenvalue weighted by molar-refractivity contribution is 7.65. The van der Waals surface area contributed by atoms with E-state index < -0.39 is 48.4 Å². The molecule has 0 atom stereocenters. The predicted molar refractivity (Wildman–Crippen MR) is 174 cm³/mol. The minimum atomic E-state index is -1.12. The van der Waals surface area contributed by atoms with E-state index in [1.54, 1.807) is 0 Å². The van der Waals surface area contributed by atoms with Gasteiger partial charge in [-0.2, -0.15) is 27.1 Å². The minimum Gasteiger partial charge on any atom is -0.282 e. The van der Waals surface area contributed by atoms with Gasteiger partial charge in [-0.25, -0.2) is 0 Å². The molecule has 0 fully saturated rings. The zero-order valence-electron chi connectivity index (χ0n) is 24.7. The van der Waals surface area contributed by atoms with Crippen LogP contribution in [0.5, 0.6) is 0 Å². The Morgan fingerprint density at radius 3 is 0.548 bits per heavy atom. The van der Waals surface area contributed by atoms with Crippen molar-refractivity contribution >= 4 is 82.9 Å². The molecule has 0 aromatic rings. The lowest BCUT2D eigenvalue weighted by atomic mass is 11.7. The number of rotatable bonds is 12. The highest BCUT2D eigenvalue weighted by atomic mass is 29.9. The molecule has 182 valence electrons. The smallest absolute Gasteiger partial charge is 0.0388 e. The van der Waals surface area contributed by atoms with Gasteiger partial charge in [0, 0.05) is 48.4 Å². The van der Waals surface area contributed by atoms with E-state index in [1.807, 2.05) is 0 Å². The molecule has 0 saturated carbocycles. The van der Waals surface area contributed by atoms with Gasteiger partial charge in [0.2, 0.25) is 0 Å². The van der Waals surface area contributed by atoms with Gasteiger partial charge in [0.15, 0.2) is 0 Å². The Hall–Kier alpha value is 2.17. The van der Waals surface area contributed by atoms with Crippen molar-refractivity contribution in [2.24, 2.45) is 0 Å². The Balaban J connectivity index is 6.36. The number of hydrogen-bond donors (Lipinski definition) is 0. The fourth-order valence-corrected chi connectivity index (χ4v) is 109. The Morgan fingerprint density at radius 2 is 0.452 bits per heavy atom. The van der Waals surface area contributed by atoms with Gasteiger partial charge in [0.25, 0.3) is 0 Å². The Morgan fingerprint density at radius 1 is 0.323 bits per heavy atom. The molecular formula is C21H57Si10-. The summed E-state index contributed by atoms with van der Waals surface area (Å²) in [5, 5.41) is 0. The highest BCUT2D eigenvalue weighted by Crippen LogP contribution is 2.37. The summed E-state index contributed by atoms with van der Waals surface area (Å²) in [6, 6.07) is 0. The van der Waals surface area contributed by atoms with E-state index in [1.165, 1.54) is 27.1 Å². The van der Waals surface area contributed by atoms with Crippen LogP contribution in [0.4, 0.5) is 0 Å². The van der Waals surface area contributed by atoms with Crippen molar-refractivity contribution in [1.82, 2.24) is 0 Å². The molecule has 0 amide bonds. The first-order valence-corrected chi connectivity index (χ1v) is 41.5. The maximum atomic E-state index is 2.71. The molecule has 0 aliphatic heterocycles. The van der Waals surface area contributed by atoms with Gasteiger partial charge in [0.05, 0.1) is 0 Å². The lowest BCUT2D eigenvalue weighted by Gasteiger charge is -2.54. The van der Waals surface area contributed by atoms with Crippen LogP contribution in [0.2, 0.25) is 132 Å². The molecule has 10 heteroatoms. The summed E-state index contributed by atoms with van der Waals surface area (Å²) in [5.41, 5.74) is 0. The molecule has 0 aromatic carbocycles. The van der Waals surface area contributed by atoms with Crippen LogP contribution >= 0.6 is 0 Å². The van der Waals surface area contributed by atoms with Crippen molar-refractivity contribution < 1.29 is 0 Å². The summed E-state index contributed by atoms with van der Waals surface area (Å²) in [4.78, 5) is 3.42. The average Bonchev–Trinajstić information content (AvgIpc) is 2.37. The van der Waals surface area contributed by atoms with E-state index in [0.717, 1.165) is 14.4 Å². The Bertz CT molecular complexity index is 427. The van der Waals surface area contributed by atoms with E-state index in [9.17, 15) is 0 Å². The molecular weight excluding hydrogens is 533 g/mol. The quantitative estimate of drug-likeness (QED) is 0.204. The lowest BCUT2D eigenvalue weighted by molar-refractivity contribution is 1.42. The van der Waals surface area contributed by atoms with E-state index in [-0.39, 0.29) is 7.35 Å². The van der Waals surface area contributed by atoms with Crippen molar-refractivity contribution in [2.45, 2.75) is 132 Å². The third kappa shape index (κ3) is 11.6. The lowest BCUT2D eigenvalue weighted by Crippen LogP contribution is -2.61. The molecule has 0 saturated heterocycles. The van der Waals surface area contributed by atoms with Crippen LogP contribution in [0.25, 0.3) is 0 Å². The third-order valence-corrected chi connectivity index (χ3v) is 70.1. The van der Waals surface area contributed by atoms with Crippen LogP contribution in [0.3, 0.4) is 0 Å². The predicted octanol–water partition coefficient (Wildman–Crippen LogP) is 7.71.